The van der Waals surface area contributed by atoms with Gasteiger partial charge >= 0.3 is 0 Å². The Bertz CT molecular complexity index is 3680. The van der Waals surface area contributed by atoms with Crippen molar-refractivity contribution in [2.75, 3.05) is 4.90 Å². The van der Waals surface area contributed by atoms with E-state index in [0.29, 0.717) is 0 Å². The molecule has 1 nitrogen and oxygen atoms in total. The minimum absolute atomic E-state index is 0.0998. The van der Waals surface area contributed by atoms with E-state index in [4.69, 9.17) is 0 Å². The van der Waals surface area contributed by atoms with Crippen LogP contribution in [0, 0.1) is 0 Å². The summed E-state index contributed by atoms with van der Waals surface area (Å²) in [6.45, 7) is 9.48. The highest BCUT2D eigenvalue weighted by atomic mass is 15.1. The van der Waals surface area contributed by atoms with Gasteiger partial charge in [-0.15, -0.1) is 0 Å². The lowest BCUT2D eigenvalue weighted by Crippen LogP contribution is -2.16. The first-order valence-corrected chi connectivity index (χ1v) is 25.0. The Labute approximate surface area is 418 Å². The van der Waals surface area contributed by atoms with Crippen LogP contribution in [0.5, 0.6) is 0 Å². The number of rotatable bonds is 8. The third-order valence-electron chi connectivity index (χ3n) is 15.7. The lowest BCUT2D eigenvalue weighted by atomic mass is 9.79. The van der Waals surface area contributed by atoms with E-state index >= 15 is 0 Å². The van der Waals surface area contributed by atoms with Gasteiger partial charge in [0.1, 0.15) is 0 Å². The van der Waals surface area contributed by atoms with Gasteiger partial charge in [0, 0.05) is 27.9 Å². The highest BCUT2D eigenvalue weighted by Gasteiger charge is 2.38. The average molecular weight is 908 g/mol. The Kier molecular flexibility index (Phi) is 9.94. The van der Waals surface area contributed by atoms with Crippen LogP contribution in [0.2, 0.25) is 0 Å². The van der Waals surface area contributed by atoms with E-state index in [1.165, 1.54) is 111 Å². The topological polar surface area (TPSA) is 3.24 Å². The number of anilines is 3. The normalized spacial score (nSPS) is 13.6. The smallest absolute Gasteiger partial charge is 0.0462 e. The van der Waals surface area contributed by atoms with Crippen molar-refractivity contribution < 1.29 is 0 Å². The molecule has 0 saturated carbocycles. The summed E-state index contributed by atoms with van der Waals surface area (Å²) in [5, 5.41) is 2.52. The van der Waals surface area contributed by atoms with E-state index in [9.17, 15) is 0 Å². The van der Waals surface area contributed by atoms with Crippen LogP contribution in [0.4, 0.5) is 17.1 Å². The molecule has 0 spiro atoms. The Hall–Kier alpha value is -8.52. The molecule has 0 aliphatic heterocycles. The monoisotopic (exact) mass is 907 g/mol. The predicted molar refractivity (Wildman–Crippen MR) is 301 cm³/mol. The first-order chi connectivity index (χ1) is 34.7. The van der Waals surface area contributed by atoms with Gasteiger partial charge in [-0.05, 0) is 159 Å². The molecule has 0 atom stereocenters. The van der Waals surface area contributed by atoms with Crippen molar-refractivity contribution in [1.29, 1.82) is 0 Å². The Morgan fingerprint density at radius 3 is 1.08 bits per heavy atom. The molecular formula is C70H53N. The zero-order chi connectivity index (χ0) is 47.8. The summed E-state index contributed by atoms with van der Waals surface area (Å²) in [6, 6.07) is 92.1. The van der Waals surface area contributed by atoms with Gasteiger partial charge in [0.15, 0.2) is 0 Å². The fourth-order valence-electron chi connectivity index (χ4n) is 12.1. The van der Waals surface area contributed by atoms with Crippen molar-refractivity contribution in [1.82, 2.24) is 0 Å². The molecular weight excluding hydrogens is 855 g/mol. The summed E-state index contributed by atoms with van der Waals surface area (Å²) in [4.78, 5) is 2.40. The minimum Gasteiger partial charge on any atom is -0.311 e. The molecule has 11 aromatic carbocycles. The first kappa shape index (κ1) is 42.6. The van der Waals surface area contributed by atoms with Gasteiger partial charge in [0.2, 0.25) is 0 Å². The van der Waals surface area contributed by atoms with E-state index < -0.39 is 0 Å². The third kappa shape index (κ3) is 7.06. The van der Waals surface area contributed by atoms with Gasteiger partial charge in [-0.1, -0.05) is 228 Å². The number of hydrogen-bond donors (Lipinski definition) is 0. The van der Waals surface area contributed by atoms with Crippen LogP contribution >= 0.6 is 0 Å². The molecule has 13 rings (SSSR count). The lowest BCUT2D eigenvalue weighted by molar-refractivity contribution is 0.662. The van der Waals surface area contributed by atoms with Gasteiger partial charge in [-0.3, -0.25) is 0 Å². The highest BCUT2D eigenvalue weighted by Crippen LogP contribution is 2.54. The van der Waals surface area contributed by atoms with Gasteiger partial charge in [-0.25, -0.2) is 0 Å². The standard InChI is InChI=1S/C70H53N/c1-69(2)65-24-9-7-18-61(65)63-22-12-20-59(67(63)69)50-34-40-57(41-35-50)71(58-42-36-51(37-43-58)60-21-13-23-64-62-19-8-10-25-66(62)70(3,4)68(60)64)56-38-32-48(33-39-56)47-26-28-49(29-27-47)53-16-11-17-54(44-53)55-31-30-46-14-5-6-15-52(46)45-55/h5-45H,1-4H3. The van der Waals surface area contributed by atoms with Crippen molar-refractivity contribution in [3.8, 4) is 77.9 Å². The summed E-state index contributed by atoms with van der Waals surface area (Å²) in [7, 11) is 0. The van der Waals surface area contributed by atoms with Crippen LogP contribution in [0.15, 0.2) is 249 Å². The molecule has 0 unspecified atom stereocenters. The molecule has 0 fully saturated rings. The molecule has 2 aliphatic rings. The maximum absolute atomic E-state index is 2.40. The lowest BCUT2D eigenvalue weighted by Gasteiger charge is -2.27. The Balaban J connectivity index is 0.839. The van der Waals surface area contributed by atoms with Crippen LogP contribution in [0.3, 0.4) is 0 Å². The summed E-state index contributed by atoms with van der Waals surface area (Å²) in [5.41, 5.74) is 26.3. The number of benzene rings is 11. The Morgan fingerprint density at radius 2 is 0.577 bits per heavy atom. The van der Waals surface area contributed by atoms with Crippen molar-refractivity contribution in [2.45, 2.75) is 38.5 Å². The fraction of sp³-hybridized carbons (Fsp3) is 0.0857. The van der Waals surface area contributed by atoms with Gasteiger partial charge in [-0.2, -0.15) is 0 Å². The number of nitrogens with zero attached hydrogens (tertiary/aromatic N) is 1. The molecule has 338 valence electrons. The van der Waals surface area contributed by atoms with Crippen molar-refractivity contribution in [2.24, 2.45) is 0 Å². The maximum atomic E-state index is 2.40. The van der Waals surface area contributed by atoms with Gasteiger partial charge in [0.25, 0.3) is 0 Å². The van der Waals surface area contributed by atoms with E-state index in [2.05, 4.69) is 281 Å². The third-order valence-corrected chi connectivity index (χ3v) is 15.7. The maximum Gasteiger partial charge on any atom is 0.0462 e. The van der Waals surface area contributed by atoms with Crippen LogP contribution in [0.1, 0.15) is 49.9 Å². The fourth-order valence-corrected chi connectivity index (χ4v) is 12.1. The number of fused-ring (bicyclic) bond motifs is 7. The molecule has 0 N–H and O–H groups in total. The van der Waals surface area contributed by atoms with Crippen LogP contribution in [0.25, 0.3) is 88.7 Å². The number of hydrogen-bond acceptors (Lipinski definition) is 1. The first-order valence-electron chi connectivity index (χ1n) is 25.0. The highest BCUT2D eigenvalue weighted by molar-refractivity contribution is 5.92. The van der Waals surface area contributed by atoms with Gasteiger partial charge in [0.05, 0.1) is 0 Å². The summed E-state index contributed by atoms with van der Waals surface area (Å²) >= 11 is 0. The summed E-state index contributed by atoms with van der Waals surface area (Å²) in [5.74, 6) is 0. The zero-order valence-corrected chi connectivity index (χ0v) is 40.6. The Morgan fingerprint density at radius 1 is 0.239 bits per heavy atom. The second-order valence-corrected chi connectivity index (χ2v) is 20.5. The second kappa shape index (κ2) is 16.6. The quantitative estimate of drug-likeness (QED) is 0.147. The molecule has 0 saturated heterocycles. The molecule has 71 heavy (non-hydrogen) atoms. The minimum atomic E-state index is -0.0998. The van der Waals surface area contributed by atoms with E-state index in [0.717, 1.165) is 17.1 Å². The molecule has 0 radical (unpaired) electrons. The predicted octanol–water partition coefficient (Wildman–Crippen LogP) is 19.3. The molecule has 2 aliphatic carbocycles. The second-order valence-electron chi connectivity index (χ2n) is 20.5. The molecule has 1 heteroatoms. The van der Waals surface area contributed by atoms with Crippen LogP contribution < -0.4 is 4.90 Å². The zero-order valence-electron chi connectivity index (χ0n) is 40.6. The average Bonchev–Trinajstić information content (AvgIpc) is 3.81. The largest absolute Gasteiger partial charge is 0.311 e. The van der Waals surface area contributed by atoms with Crippen molar-refractivity contribution >= 4 is 27.8 Å². The van der Waals surface area contributed by atoms with E-state index in [-0.39, 0.29) is 10.8 Å². The summed E-state index contributed by atoms with van der Waals surface area (Å²) < 4.78 is 0. The van der Waals surface area contributed by atoms with E-state index in [1.807, 2.05) is 0 Å². The molecule has 0 amide bonds. The SMILES string of the molecule is CC1(C)c2ccccc2-c2cccc(-c3ccc(N(c4ccc(-c5ccc(-c6cccc(-c7ccc8ccccc8c7)c6)cc5)cc4)c4ccc(-c5cccc6c5C(C)(C)c5ccccc5-6)cc4)cc3)c21. The molecule has 11 aromatic rings. The van der Waals surface area contributed by atoms with Crippen molar-refractivity contribution in [3.63, 3.8) is 0 Å². The molecule has 0 bridgehead atoms. The van der Waals surface area contributed by atoms with Gasteiger partial charge < -0.3 is 4.90 Å². The molecule has 0 heterocycles. The summed E-state index contributed by atoms with van der Waals surface area (Å²) in [6.07, 6.45) is 0. The van der Waals surface area contributed by atoms with Crippen LogP contribution in [-0.4, -0.2) is 0 Å². The van der Waals surface area contributed by atoms with Crippen LogP contribution in [-0.2, 0) is 10.8 Å². The molecule has 0 aromatic heterocycles. The van der Waals surface area contributed by atoms with E-state index in [1.54, 1.807) is 0 Å². The van der Waals surface area contributed by atoms with Crippen molar-refractivity contribution in [3.05, 3.63) is 271 Å².